The first kappa shape index (κ1) is 14.5. The molecule has 3 N–H and O–H groups in total. The maximum atomic E-state index is 9.90. The van der Waals surface area contributed by atoms with E-state index in [9.17, 15) is 15.3 Å². The Hall–Kier alpha value is -1.54. The van der Waals surface area contributed by atoms with Crippen LogP contribution in [0.15, 0.2) is 41.6 Å². The van der Waals surface area contributed by atoms with E-state index in [0.717, 1.165) is 5.57 Å². The molecule has 0 amide bonds. The second-order valence-electron chi connectivity index (χ2n) is 4.53. The fraction of sp³-hybridized carbons (Fsp3) is 0.400. The Bertz CT molecular complexity index is 443. The lowest BCUT2D eigenvalue weighted by Gasteiger charge is -2.07. The number of aliphatic hydroxyl groups excluding tert-OH is 2. The van der Waals surface area contributed by atoms with Crippen molar-refractivity contribution < 1.29 is 15.3 Å². The van der Waals surface area contributed by atoms with Gasteiger partial charge < -0.3 is 15.3 Å². The minimum atomic E-state index is -0.649. The average molecular weight is 248 g/mol. The summed E-state index contributed by atoms with van der Waals surface area (Å²) in [5, 5.41) is 28.4. The highest BCUT2D eigenvalue weighted by Crippen LogP contribution is 2.20. The van der Waals surface area contributed by atoms with Crippen molar-refractivity contribution in [3.63, 3.8) is 0 Å². The van der Waals surface area contributed by atoms with E-state index in [-0.39, 0.29) is 11.9 Å². The molecule has 0 aliphatic carbocycles. The molecule has 0 radical (unpaired) electrons. The summed E-state index contributed by atoms with van der Waals surface area (Å²) >= 11 is 0. The van der Waals surface area contributed by atoms with E-state index in [1.54, 1.807) is 37.3 Å². The zero-order valence-electron chi connectivity index (χ0n) is 10.8. The zero-order chi connectivity index (χ0) is 13.5. The Morgan fingerprint density at radius 2 is 2.11 bits per heavy atom. The number of hydrogen-bond donors (Lipinski definition) is 3. The van der Waals surface area contributed by atoms with Crippen LogP contribution < -0.4 is 0 Å². The van der Waals surface area contributed by atoms with Crippen molar-refractivity contribution >= 4 is 0 Å². The smallest absolute Gasteiger partial charge is 0.115 e. The van der Waals surface area contributed by atoms with Crippen LogP contribution in [0.5, 0.6) is 5.75 Å². The maximum absolute atomic E-state index is 9.90. The van der Waals surface area contributed by atoms with Crippen LogP contribution in [0.2, 0.25) is 0 Å². The molecule has 98 valence electrons. The first-order chi connectivity index (χ1) is 8.49. The molecule has 0 saturated heterocycles. The van der Waals surface area contributed by atoms with E-state index in [1.807, 2.05) is 6.92 Å². The van der Waals surface area contributed by atoms with E-state index >= 15 is 0 Å². The molecule has 0 heterocycles. The molecule has 2 atom stereocenters. The molecular weight excluding hydrogens is 228 g/mol. The minimum Gasteiger partial charge on any atom is -0.508 e. The average Bonchev–Trinajstić information content (AvgIpc) is 2.27. The predicted octanol–water partition coefficient (Wildman–Crippen LogP) is 2.69. The number of phenols is 1. The normalized spacial score (nSPS) is 13.6. The molecule has 0 spiro atoms. The van der Waals surface area contributed by atoms with Crippen LogP contribution in [0, 0.1) is 0 Å². The van der Waals surface area contributed by atoms with Gasteiger partial charge in [-0.05, 0) is 43.2 Å². The van der Waals surface area contributed by atoms with E-state index in [2.05, 4.69) is 5.73 Å². The highest BCUT2D eigenvalue weighted by atomic mass is 16.3. The van der Waals surface area contributed by atoms with Gasteiger partial charge in [-0.2, -0.15) is 0 Å². The molecule has 0 aliphatic rings. The molecule has 18 heavy (non-hydrogen) atoms. The summed E-state index contributed by atoms with van der Waals surface area (Å²) in [6, 6.07) is 6.58. The largest absolute Gasteiger partial charge is 0.508 e. The van der Waals surface area contributed by atoms with Crippen LogP contribution >= 0.6 is 0 Å². The van der Waals surface area contributed by atoms with Crippen LogP contribution in [-0.4, -0.2) is 21.4 Å². The van der Waals surface area contributed by atoms with Crippen LogP contribution in [0.4, 0.5) is 0 Å². The van der Waals surface area contributed by atoms with Crippen LogP contribution in [0.25, 0.3) is 0 Å². The Kier molecular flexibility index (Phi) is 5.66. The Morgan fingerprint density at radius 1 is 1.39 bits per heavy atom. The van der Waals surface area contributed by atoms with Crippen molar-refractivity contribution in [2.75, 3.05) is 0 Å². The van der Waals surface area contributed by atoms with E-state index in [1.165, 1.54) is 0 Å². The number of hydrogen-bond acceptors (Lipinski definition) is 3. The molecule has 3 nitrogen and oxygen atoms in total. The maximum Gasteiger partial charge on any atom is 0.115 e. The summed E-state index contributed by atoms with van der Waals surface area (Å²) in [7, 11) is 0. The Balaban J connectivity index is 2.61. The van der Waals surface area contributed by atoms with Crippen molar-refractivity contribution in [2.24, 2.45) is 0 Å². The molecule has 1 aromatic carbocycles. The summed E-state index contributed by atoms with van der Waals surface area (Å²) < 4.78 is 0. The van der Waals surface area contributed by atoms with Crippen LogP contribution in [-0.2, 0) is 0 Å². The fourth-order valence-electron chi connectivity index (χ4n) is 1.71. The van der Waals surface area contributed by atoms with Crippen molar-refractivity contribution in [1.29, 1.82) is 0 Å². The monoisotopic (exact) mass is 248 g/mol. The number of rotatable bonds is 5. The van der Waals surface area contributed by atoms with Crippen LogP contribution in [0.1, 0.15) is 38.4 Å². The van der Waals surface area contributed by atoms with Gasteiger partial charge in [0, 0.05) is 12.8 Å². The van der Waals surface area contributed by atoms with E-state index in [4.69, 9.17) is 0 Å². The molecular formula is C15H20O3. The van der Waals surface area contributed by atoms with Crippen LogP contribution in [0.3, 0.4) is 0 Å². The molecule has 1 aromatic rings. The SMILES string of the molecule is CC(=C=CC[C@@H](O)c1cccc(O)c1)C[C@H](C)O. The van der Waals surface area contributed by atoms with Crippen molar-refractivity contribution in [3.05, 3.63) is 47.2 Å². The summed E-state index contributed by atoms with van der Waals surface area (Å²) in [4.78, 5) is 0. The third kappa shape index (κ3) is 5.19. The standard InChI is InChI=1S/C15H20O3/c1-11(9-12(2)16)5-3-8-15(18)13-6-4-7-14(17)10-13/h3-4,6-7,10,12,15-18H,8-9H2,1-2H3/t5?,12-,15+/m0/s1. The van der Waals surface area contributed by atoms with Gasteiger partial charge in [-0.3, -0.25) is 0 Å². The Morgan fingerprint density at radius 3 is 2.72 bits per heavy atom. The van der Waals surface area contributed by atoms with Gasteiger partial charge in [-0.15, -0.1) is 5.73 Å². The molecule has 1 rings (SSSR count). The molecule has 0 aliphatic heterocycles. The van der Waals surface area contributed by atoms with Crippen molar-refractivity contribution in [2.45, 2.75) is 38.9 Å². The first-order valence-electron chi connectivity index (χ1n) is 6.04. The molecule has 0 aromatic heterocycles. The first-order valence-corrected chi connectivity index (χ1v) is 6.04. The quantitative estimate of drug-likeness (QED) is 0.702. The molecule has 0 bridgehead atoms. The topological polar surface area (TPSA) is 60.7 Å². The summed E-state index contributed by atoms with van der Waals surface area (Å²) in [5.41, 5.74) is 4.67. The molecule has 0 saturated carbocycles. The van der Waals surface area contributed by atoms with Gasteiger partial charge >= 0.3 is 0 Å². The highest BCUT2D eigenvalue weighted by molar-refractivity contribution is 5.28. The molecule has 3 heteroatoms. The van der Waals surface area contributed by atoms with Gasteiger partial charge in [0.25, 0.3) is 0 Å². The fourth-order valence-corrected chi connectivity index (χ4v) is 1.71. The van der Waals surface area contributed by atoms with Gasteiger partial charge in [-0.1, -0.05) is 12.1 Å². The summed E-state index contributed by atoms with van der Waals surface area (Å²) in [6.45, 7) is 3.62. The summed E-state index contributed by atoms with van der Waals surface area (Å²) in [6.07, 6.45) is 1.75. The van der Waals surface area contributed by atoms with Gasteiger partial charge in [-0.25, -0.2) is 0 Å². The third-order valence-electron chi connectivity index (χ3n) is 2.55. The third-order valence-corrected chi connectivity index (χ3v) is 2.55. The van der Waals surface area contributed by atoms with Crippen molar-refractivity contribution in [1.82, 2.24) is 0 Å². The molecule has 0 unspecified atom stereocenters. The molecule has 0 fully saturated rings. The van der Waals surface area contributed by atoms with Gasteiger partial charge in [0.1, 0.15) is 5.75 Å². The second-order valence-corrected chi connectivity index (χ2v) is 4.53. The van der Waals surface area contributed by atoms with E-state index in [0.29, 0.717) is 18.4 Å². The lowest BCUT2D eigenvalue weighted by molar-refractivity contribution is 0.181. The number of benzene rings is 1. The number of aliphatic hydroxyl groups is 2. The Labute approximate surface area is 108 Å². The lowest BCUT2D eigenvalue weighted by atomic mass is 10.1. The lowest BCUT2D eigenvalue weighted by Crippen LogP contribution is -1.98. The highest BCUT2D eigenvalue weighted by Gasteiger charge is 2.05. The minimum absolute atomic E-state index is 0.149. The van der Waals surface area contributed by atoms with E-state index < -0.39 is 6.10 Å². The second kappa shape index (κ2) is 7.02. The van der Waals surface area contributed by atoms with Gasteiger partial charge in [0.2, 0.25) is 0 Å². The number of aromatic hydroxyl groups is 1. The predicted molar refractivity (Wildman–Crippen MR) is 71.3 cm³/mol. The zero-order valence-corrected chi connectivity index (χ0v) is 10.8. The van der Waals surface area contributed by atoms with Gasteiger partial charge in [0.05, 0.1) is 12.2 Å². The van der Waals surface area contributed by atoms with Crippen molar-refractivity contribution in [3.8, 4) is 5.75 Å². The van der Waals surface area contributed by atoms with Gasteiger partial charge in [0.15, 0.2) is 0 Å². The summed E-state index contributed by atoms with van der Waals surface area (Å²) in [5.74, 6) is 0.149. The number of phenolic OH excluding ortho intramolecular Hbond substituents is 1.